The fourth-order valence-corrected chi connectivity index (χ4v) is 5.41. The zero-order valence-electron chi connectivity index (χ0n) is 18.4. The lowest BCUT2D eigenvalue weighted by molar-refractivity contribution is 0.196. The molecular weight excluding hydrogens is 423 g/mol. The van der Waals surface area contributed by atoms with Gasteiger partial charge in [-0.1, -0.05) is 0 Å². The number of fused-ring (bicyclic) bond motifs is 1. The molecule has 0 saturated carbocycles. The maximum absolute atomic E-state index is 14.8. The van der Waals surface area contributed by atoms with Crippen molar-refractivity contribution in [3.8, 4) is 11.5 Å². The lowest BCUT2D eigenvalue weighted by Gasteiger charge is -2.38. The topological polar surface area (TPSA) is 59.8 Å². The molecule has 33 heavy (non-hydrogen) atoms. The number of benzene rings is 1. The Bertz CT molecular complexity index is 1310. The molecule has 3 aliphatic heterocycles. The summed E-state index contributed by atoms with van der Waals surface area (Å²) in [5.74, 6) is 1.91. The molecule has 1 fully saturated rings. The second-order valence-corrected chi connectivity index (χ2v) is 9.02. The van der Waals surface area contributed by atoms with Crippen molar-refractivity contribution < 1.29 is 13.9 Å². The highest BCUT2D eigenvalue weighted by atomic mass is 19.1. The van der Waals surface area contributed by atoms with Crippen molar-refractivity contribution in [2.45, 2.75) is 31.3 Å². The van der Waals surface area contributed by atoms with Gasteiger partial charge in [-0.2, -0.15) is 0 Å². The Morgan fingerprint density at radius 2 is 1.88 bits per heavy atom. The second kappa shape index (κ2) is 7.88. The molecule has 0 aliphatic carbocycles. The molecule has 5 heterocycles. The Kier molecular flexibility index (Phi) is 4.83. The Morgan fingerprint density at radius 3 is 2.70 bits per heavy atom. The third kappa shape index (κ3) is 3.45. The van der Waals surface area contributed by atoms with Crippen LogP contribution in [0.25, 0.3) is 10.9 Å². The zero-order chi connectivity index (χ0) is 22.5. The third-order valence-corrected chi connectivity index (χ3v) is 7.16. The van der Waals surface area contributed by atoms with Gasteiger partial charge in [-0.25, -0.2) is 9.37 Å². The first-order valence-corrected chi connectivity index (χ1v) is 11.3. The molecule has 0 spiro atoms. The van der Waals surface area contributed by atoms with Crippen LogP contribution in [0.1, 0.15) is 24.3 Å². The first kappa shape index (κ1) is 20.2. The summed E-state index contributed by atoms with van der Waals surface area (Å²) in [5, 5.41) is 0.927. The average molecular weight is 448 g/mol. The molecule has 6 rings (SSSR count). The number of ether oxygens (including phenoxy) is 2. The highest BCUT2D eigenvalue weighted by Gasteiger charge is 2.32. The molecule has 1 atom stereocenters. The zero-order valence-corrected chi connectivity index (χ0v) is 18.4. The molecular formula is C25H25FN4O3. The van der Waals surface area contributed by atoms with E-state index in [2.05, 4.69) is 21.8 Å². The largest absolute Gasteiger partial charge is 0.458 e. The van der Waals surface area contributed by atoms with E-state index in [1.807, 2.05) is 6.07 Å². The van der Waals surface area contributed by atoms with Crippen molar-refractivity contribution in [3.05, 3.63) is 70.8 Å². The molecule has 0 bridgehead atoms. The second-order valence-electron chi connectivity index (χ2n) is 9.02. The first-order chi connectivity index (χ1) is 16.1. The highest BCUT2D eigenvalue weighted by Crippen LogP contribution is 2.36. The van der Waals surface area contributed by atoms with Crippen molar-refractivity contribution >= 4 is 16.7 Å². The number of hydrogen-bond donors (Lipinski definition) is 0. The third-order valence-electron chi connectivity index (χ3n) is 7.16. The van der Waals surface area contributed by atoms with Gasteiger partial charge in [-0.15, -0.1) is 0 Å². The van der Waals surface area contributed by atoms with Gasteiger partial charge in [-0.05, 0) is 36.4 Å². The average Bonchev–Trinajstić information content (AvgIpc) is 3.24. The van der Waals surface area contributed by atoms with Crippen molar-refractivity contribution in [2.75, 3.05) is 31.6 Å². The fourth-order valence-electron chi connectivity index (χ4n) is 5.41. The number of halogens is 1. The minimum Gasteiger partial charge on any atom is -0.458 e. The standard InChI is InChI=1S/C25H25FN4O3/c1-28(22-12-20-21(13-27-22)33-11-10-32-20)18-6-8-29(9-7-18)14-17-15-30-23(31)5-3-16-2-4-19(26)24(17)25(16)30/h2-5,10-13,17-18H,6-9,14-15H2,1H3. The van der Waals surface area contributed by atoms with Gasteiger partial charge < -0.3 is 23.8 Å². The smallest absolute Gasteiger partial charge is 0.251 e. The van der Waals surface area contributed by atoms with E-state index in [1.54, 1.807) is 29.0 Å². The number of likely N-dealkylation sites (tertiary alicyclic amines) is 1. The summed E-state index contributed by atoms with van der Waals surface area (Å²) < 4.78 is 27.5. The van der Waals surface area contributed by atoms with Crippen LogP contribution >= 0.6 is 0 Å². The number of aromatic nitrogens is 2. The summed E-state index contributed by atoms with van der Waals surface area (Å²) in [6, 6.07) is 8.93. The Labute approximate surface area is 190 Å². The van der Waals surface area contributed by atoms with Crippen LogP contribution in [0.2, 0.25) is 0 Å². The number of rotatable bonds is 4. The maximum Gasteiger partial charge on any atom is 0.251 e. The summed E-state index contributed by atoms with van der Waals surface area (Å²) in [4.78, 5) is 21.5. The predicted octanol–water partition coefficient (Wildman–Crippen LogP) is 3.48. The summed E-state index contributed by atoms with van der Waals surface area (Å²) in [7, 11) is 2.06. The molecule has 170 valence electrons. The number of anilines is 1. The number of hydrogen-bond acceptors (Lipinski definition) is 6. The summed E-state index contributed by atoms with van der Waals surface area (Å²) in [5.41, 5.74) is 1.40. The van der Waals surface area contributed by atoms with E-state index in [-0.39, 0.29) is 17.3 Å². The van der Waals surface area contributed by atoms with Crippen LogP contribution in [0.15, 0.2) is 53.8 Å². The van der Waals surface area contributed by atoms with Gasteiger partial charge in [0, 0.05) is 62.9 Å². The van der Waals surface area contributed by atoms with Gasteiger partial charge in [0.15, 0.2) is 11.5 Å². The SMILES string of the molecule is CN(c1cc2c(cn1)OC=CO2)C1CCN(CC2Cn3c(=O)ccc4ccc(F)c2c43)CC1. The maximum atomic E-state index is 14.8. The molecule has 1 aromatic carbocycles. The fraction of sp³-hybridized carbons (Fsp3) is 0.360. The molecule has 3 aliphatic rings. The van der Waals surface area contributed by atoms with Crippen molar-refractivity contribution in [2.24, 2.45) is 0 Å². The number of nitrogens with zero attached hydrogens (tertiary/aromatic N) is 4. The molecule has 1 saturated heterocycles. The van der Waals surface area contributed by atoms with Crippen molar-refractivity contribution in [1.29, 1.82) is 0 Å². The molecule has 0 N–H and O–H groups in total. The Hall–Kier alpha value is -3.39. The van der Waals surface area contributed by atoms with Crippen LogP contribution in [-0.2, 0) is 6.54 Å². The molecule has 7 nitrogen and oxygen atoms in total. The summed E-state index contributed by atoms with van der Waals surface area (Å²) in [6.45, 7) is 3.13. The van der Waals surface area contributed by atoms with Gasteiger partial charge in [0.25, 0.3) is 5.56 Å². The summed E-state index contributed by atoms with van der Waals surface area (Å²) in [6.07, 6.45) is 6.67. The monoisotopic (exact) mass is 448 g/mol. The normalized spacial score (nSPS) is 19.9. The lowest BCUT2D eigenvalue weighted by atomic mass is 9.96. The van der Waals surface area contributed by atoms with Gasteiger partial charge in [0.1, 0.15) is 24.2 Å². The first-order valence-electron chi connectivity index (χ1n) is 11.3. The van der Waals surface area contributed by atoms with E-state index in [9.17, 15) is 9.18 Å². The van der Waals surface area contributed by atoms with Crippen molar-refractivity contribution in [3.63, 3.8) is 0 Å². The van der Waals surface area contributed by atoms with E-state index in [0.29, 0.717) is 29.6 Å². The molecule has 8 heteroatoms. The van der Waals surface area contributed by atoms with Crippen LogP contribution in [-0.4, -0.2) is 47.2 Å². The molecule has 0 radical (unpaired) electrons. The van der Waals surface area contributed by atoms with Crippen LogP contribution < -0.4 is 19.9 Å². The van der Waals surface area contributed by atoms with Crippen LogP contribution in [0.4, 0.5) is 10.2 Å². The van der Waals surface area contributed by atoms with Gasteiger partial charge in [-0.3, -0.25) is 4.79 Å². The highest BCUT2D eigenvalue weighted by molar-refractivity contribution is 5.84. The molecule has 0 amide bonds. The Balaban J connectivity index is 1.13. The summed E-state index contributed by atoms with van der Waals surface area (Å²) >= 11 is 0. The number of piperidine rings is 1. The van der Waals surface area contributed by atoms with E-state index in [1.165, 1.54) is 18.6 Å². The van der Waals surface area contributed by atoms with Gasteiger partial charge >= 0.3 is 0 Å². The van der Waals surface area contributed by atoms with Crippen LogP contribution in [0, 0.1) is 5.82 Å². The van der Waals surface area contributed by atoms with Crippen LogP contribution in [0.3, 0.4) is 0 Å². The van der Waals surface area contributed by atoms with E-state index >= 15 is 0 Å². The minimum absolute atomic E-state index is 0.00871. The lowest BCUT2D eigenvalue weighted by Crippen LogP contribution is -2.45. The van der Waals surface area contributed by atoms with Gasteiger partial charge in [0.2, 0.25) is 0 Å². The number of pyridine rings is 2. The van der Waals surface area contributed by atoms with E-state index < -0.39 is 0 Å². The molecule has 3 aromatic rings. The van der Waals surface area contributed by atoms with E-state index in [4.69, 9.17) is 9.47 Å². The quantitative estimate of drug-likeness (QED) is 0.609. The Morgan fingerprint density at radius 1 is 1.12 bits per heavy atom. The molecule has 2 aromatic heterocycles. The predicted molar refractivity (Wildman–Crippen MR) is 123 cm³/mol. The minimum atomic E-state index is -0.210. The molecule has 1 unspecified atom stereocenters. The van der Waals surface area contributed by atoms with Gasteiger partial charge in [0.05, 0.1) is 11.7 Å². The van der Waals surface area contributed by atoms with Crippen LogP contribution in [0.5, 0.6) is 11.5 Å². The van der Waals surface area contributed by atoms with Crippen molar-refractivity contribution in [1.82, 2.24) is 14.5 Å². The van der Waals surface area contributed by atoms with E-state index in [0.717, 1.165) is 49.2 Å².